The zero-order chi connectivity index (χ0) is 17.1. The molecule has 0 radical (unpaired) electrons. The van der Waals surface area contributed by atoms with Crippen LogP contribution in [0.25, 0.3) is 11.3 Å². The van der Waals surface area contributed by atoms with Gasteiger partial charge >= 0.3 is 0 Å². The maximum absolute atomic E-state index is 6.94. The van der Waals surface area contributed by atoms with Crippen molar-refractivity contribution in [3.63, 3.8) is 0 Å². The molecule has 2 fully saturated rings. The molecule has 1 aromatic heterocycles. The van der Waals surface area contributed by atoms with Gasteiger partial charge in [-0.25, -0.2) is 4.57 Å². The van der Waals surface area contributed by atoms with Gasteiger partial charge < -0.3 is 4.74 Å². The van der Waals surface area contributed by atoms with Gasteiger partial charge in [-0.2, -0.15) is 0 Å². The molecule has 0 saturated heterocycles. The van der Waals surface area contributed by atoms with Gasteiger partial charge in [-0.3, -0.25) is 0 Å². The van der Waals surface area contributed by atoms with E-state index in [4.69, 9.17) is 4.74 Å². The first-order valence-electron chi connectivity index (χ1n) is 9.91. The standard InChI is InChI=1S/C23H28NO/c1-17-9-10-18-21(20(17)19-8-4-7-15-24(19)2)25-23(11-5-3-6-12-23)16-22(18)13-14-22/h4,7-10,15H,3,5-6,11-14,16H2,1-2H3/q+1. The van der Waals surface area contributed by atoms with Crippen LogP contribution in [-0.2, 0) is 12.5 Å². The molecule has 2 spiro atoms. The van der Waals surface area contributed by atoms with Crippen molar-refractivity contribution in [1.82, 2.24) is 0 Å². The second-order valence-electron chi connectivity index (χ2n) is 8.63. The fourth-order valence-corrected chi connectivity index (χ4v) is 5.34. The highest BCUT2D eigenvalue weighted by molar-refractivity contribution is 5.73. The van der Waals surface area contributed by atoms with Crippen molar-refractivity contribution < 1.29 is 9.30 Å². The summed E-state index contributed by atoms with van der Waals surface area (Å²) >= 11 is 0. The SMILES string of the molecule is Cc1ccc2c(c1-c1cccc[n+]1C)OC1(CCCCC1)CC21CC1. The number of benzene rings is 1. The first kappa shape index (κ1) is 15.4. The zero-order valence-electron chi connectivity index (χ0n) is 15.5. The molecule has 5 rings (SSSR count). The van der Waals surface area contributed by atoms with Crippen LogP contribution in [0.2, 0.25) is 0 Å². The molecule has 0 atom stereocenters. The summed E-state index contributed by atoms with van der Waals surface area (Å²) in [5.41, 5.74) is 5.88. The van der Waals surface area contributed by atoms with Crippen molar-refractivity contribution in [3.05, 3.63) is 47.7 Å². The van der Waals surface area contributed by atoms with E-state index >= 15 is 0 Å². The highest BCUT2D eigenvalue weighted by Crippen LogP contribution is 2.63. The van der Waals surface area contributed by atoms with Crippen LogP contribution in [0.5, 0.6) is 5.75 Å². The minimum Gasteiger partial charge on any atom is -0.486 e. The van der Waals surface area contributed by atoms with Gasteiger partial charge in [0.15, 0.2) is 6.20 Å². The third-order valence-corrected chi connectivity index (χ3v) is 6.85. The Kier molecular flexibility index (Phi) is 3.29. The van der Waals surface area contributed by atoms with Crippen LogP contribution in [0.3, 0.4) is 0 Å². The summed E-state index contributed by atoms with van der Waals surface area (Å²) in [6.45, 7) is 2.23. The van der Waals surface area contributed by atoms with Crippen molar-refractivity contribution in [3.8, 4) is 17.0 Å². The van der Waals surface area contributed by atoms with Crippen molar-refractivity contribution in [2.75, 3.05) is 0 Å². The van der Waals surface area contributed by atoms with E-state index in [1.54, 1.807) is 0 Å². The van der Waals surface area contributed by atoms with Crippen LogP contribution in [-0.4, -0.2) is 5.60 Å². The second kappa shape index (κ2) is 5.33. The second-order valence-corrected chi connectivity index (χ2v) is 8.63. The Morgan fingerprint density at radius 2 is 1.76 bits per heavy atom. The predicted molar refractivity (Wildman–Crippen MR) is 99.8 cm³/mol. The van der Waals surface area contributed by atoms with Crippen LogP contribution in [0.4, 0.5) is 0 Å². The van der Waals surface area contributed by atoms with Crippen LogP contribution < -0.4 is 9.30 Å². The Balaban J connectivity index is 1.72. The summed E-state index contributed by atoms with van der Waals surface area (Å²) in [5.74, 6) is 1.20. The minimum atomic E-state index is 0.0949. The lowest BCUT2D eigenvalue weighted by atomic mass is 9.72. The van der Waals surface area contributed by atoms with Gasteiger partial charge in [-0.15, -0.1) is 0 Å². The highest BCUT2D eigenvalue weighted by atomic mass is 16.5. The molecular formula is C23H28NO+. The fourth-order valence-electron chi connectivity index (χ4n) is 5.34. The van der Waals surface area contributed by atoms with Crippen LogP contribution in [0, 0.1) is 6.92 Å². The molecule has 2 heteroatoms. The number of nitrogens with zero attached hydrogens (tertiary/aromatic N) is 1. The molecule has 130 valence electrons. The number of pyridine rings is 1. The first-order chi connectivity index (χ1) is 12.1. The number of aromatic nitrogens is 1. The van der Waals surface area contributed by atoms with Gasteiger partial charge in [-0.1, -0.05) is 18.6 Å². The zero-order valence-corrected chi connectivity index (χ0v) is 15.5. The summed E-state index contributed by atoms with van der Waals surface area (Å²) < 4.78 is 9.17. The molecule has 0 bridgehead atoms. The number of fused-ring (bicyclic) bond motifs is 2. The molecule has 0 N–H and O–H groups in total. The van der Waals surface area contributed by atoms with Crippen LogP contribution >= 0.6 is 0 Å². The van der Waals surface area contributed by atoms with Gasteiger partial charge in [0.2, 0.25) is 5.69 Å². The van der Waals surface area contributed by atoms with Crippen LogP contribution in [0.15, 0.2) is 36.5 Å². The van der Waals surface area contributed by atoms with E-state index in [0.29, 0.717) is 5.41 Å². The Morgan fingerprint density at radius 3 is 2.48 bits per heavy atom. The quantitative estimate of drug-likeness (QED) is 0.669. The van der Waals surface area contributed by atoms with Gasteiger partial charge in [0.1, 0.15) is 18.4 Å². The summed E-state index contributed by atoms with van der Waals surface area (Å²) in [6, 6.07) is 11.1. The normalized spacial score (nSPS) is 22.5. The number of aryl methyl sites for hydroxylation is 2. The maximum Gasteiger partial charge on any atom is 0.216 e. The summed E-state index contributed by atoms with van der Waals surface area (Å²) in [5, 5.41) is 0. The number of hydrogen-bond donors (Lipinski definition) is 0. The summed E-state index contributed by atoms with van der Waals surface area (Å²) in [6.07, 6.45) is 12.6. The average molecular weight is 334 g/mol. The molecule has 2 saturated carbocycles. The molecule has 2 heterocycles. The molecule has 0 amide bonds. The Hall–Kier alpha value is -1.83. The van der Waals surface area contributed by atoms with E-state index < -0.39 is 0 Å². The van der Waals surface area contributed by atoms with Crippen molar-refractivity contribution in [1.29, 1.82) is 0 Å². The monoisotopic (exact) mass is 334 g/mol. The molecular weight excluding hydrogens is 306 g/mol. The molecule has 2 aliphatic carbocycles. The maximum atomic E-state index is 6.94. The van der Waals surface area contributed by atoms with E-state index in [1.165, 1.54) is 79.5 Å². The molecule has 0 unspecified atom stereocenters. The molecule has 2 nitrogen and oxygen atoms in total. The lowest BCUT2D eigenvalue weighted by molar-refractivity contribution is -0.660. The molecule has 1 aromatic carbocycles. The third kappa shape index (κ3) is 2.33. The van der Waals surface area contributed by atoms with Gasteiger partial charge in [0, 0.05) is 23.1 Å². The lowest BCUT2D eigenvalue weighted by Crippen LogP contribution is -2.45. The smallest absolute Gasteiger partial charge is 0.216 e. The van der Waals surface area contributed by atoms with Gasteiger partial charge in [0.05, 0.1) is 5.56 Å². The topological polar surface area (TPSA) is 13.1 Å². The van der Waals surface area contributed by atoms with Crippen LogP contribution in [0.1, 0.15) is 62.5 Å². The first-order valence-corrected chi connectivity index (χ1v) is 9.91. The van der Waals surface area contributed by atoms with Crippen molar-refractivity contribution >= 4 is 0 Å². The lowest BCUT2D eigenvalue weighted by Gasteiger charge is -2.45. The van der Waals surface area contributed by atoms with Crippen molar-refractivity contribution in [2.45, 2.75) is 69.3 Å². The van der Waals surface area contributed by atoms with Crippen molar-refractivity contribution in [2.24, 2.45) is 7.05 Å². The summed E-state index contributed by atoms with van der Waals surface area (Å²) in [7, 11) is 2.14. The minimum absolute atomic E-state index is 0.0949. The molecule has 3 aliphatic rings. The van der Waals surface area contributed by atoms with E-state index in [-0.39, 0.29) is 5.60 Å². The Bertz CT molecular complexity index is 828. The molecule has 25 heavy (non-hydrogen) atoms. The van der Waals surface area contributed by atoms with E-state index in [0.717, 1.165) is 0 Å². The number of ether oxygens (including phenoxy) is 1. The fraction of sp³-hybridized carbons (Fsp3) is 0.522. The number of hydrogen-bond acceptors (Lipinski definition) is 1. The summed E-state index contributed by atoms with van der Waals surface area (Å²) in [4.78, 5) is 0. The highest BCUT2D eigenvalue weighted by Gasteiger charge is 2.56. The van der Waals surface area contributed by atoms with E-state index in [2.05, 4.69) is 55.1 Å². The van der Waals surface area contributed by atoms with Gasteiger partial charge in [-0.05, 0) is 63.5 Å². The van der Waals surface area contributed by atoms with Gasteiger partial charge in [0.25, 0.3) is 0 Å². The largest absolute Gasteiger partial charge is 0.486 e. The molecule has 2 aromatic rings. The Labute approximate surface area is 150 Å². The average Bonchev–Trinajstić information content (AvgIpc) is 3.36. The molecule has 1 aliphatic heterocycles. The van der Waals surface area contributed by atoms with E-state index in [1.807, 2.05) is 0 Å². The third-order valence-electron chi connectivity index (χ3n) is 6.85. The predicted octanol–water partition coefficient (Wildman–Crippen LogP) is 5.00. The van der Waals surface area contributed by atoms with E-state index in [9.17, 15) is 0 Å². The number of rotatable bonds is 1. The Morgan fingerprint density at radius 1 is 0.960 bits per heavy atom.